The van der Waals surface area contributed by atoms with Crippen molar-refractivity contribution in [1.29, 1.82) is 0 Å². The molecule has 2 fully saturated rings. The standard InChI is InChI=1S/C26H30N4O3.2ClH/c1-19-9-10-21-22(27-19)6-4-7-23(21)29-15-13-28(14-16-29)12-11-20-5-3-8-24(25(20)32-2)30-17-18-33-26(30)31;;/h3-10H,11-18H2,1-2H3;2*1H. The molecule has 0 unspecified atom stereocenters. The zero-order chi connectivity index (χ0) is 22.8. The van der Waals surface area contributed by atoms with Crippen LogP contribution in [0.4, 0.5) is 16.2 Å². The Bertz CT molecular complexity index is 1170. The normalized spacial score (nSPS) is 16.0. The van der Waals surface area contributed by atoms with Gasteiger partial charge in [-0.05, 0) is 49.2 Å². The molecule has 2 aromatic carbocycles. The summed E-state index contributed by atoms with van der Waals surface area (Å²) in [4.78, 5) is 23.3. The number of methoxy groups -OCH3 is 1. The second kappa shape index (κ2) is 11.8. The molecule has 2 aliphatic heterocycles. The van der Waals surface area contributed by atoms with Gasteiger partial charge in [0.1, 0.15) is 12.4 Å². The van der Waals surface area contributed by atoms with Crippen LogP contribution in [0.15, 0.2) is 48.5 Å². The second-order valence-corrected chi connectivity index (χ2v) is 8.61. The lowest BCUT2D eigenvalue weighted by atomic mass is 10.1. The number of aryl methyl sites for hydroxylation is 1. The Kier molecular flexibility index (Phi) is 9.05. The number of pyridine rings is 1. The molecular formula is C26H32Cl2N4O3. The van der Waals surface area contributed by atoms with Crippen molar-refractivity contribution in [2.24, 2.45) is 0 Å². The number of fused-ring (bicyclic) bond motifs is 1. The van der Waals surface area contributed by atoms with E-state index in [2.05, 4.69) is 51.2 Å². The first-order valence-electron chi connectivity index (χ1n) is 11.6. The Morgan fingerprint density at radius 3 is 2.40 bits per heavy atom. The molecule has 7 nitrogen and oxygen atoms in total. The van der Waals surface area contributed by atoms with Gasteiger partial charge in [-0.3, -0.25) is 14.8 Å². The van der Waals surface area contributed by atoms with Gasteiger partial charge in [0, 0.05) is 49.5 Å². The molecule has 0 spiro atoms. The van der Waals surface area contributed by atoms with E-state index in [0.29, 0.717) is 13.2 Å². The molecule has 0 saturated carbocycles. The predicted octanol–water partition coefficient (Wildman–Crippen LogP) is 4.72. The van der Waals surface area contributed by atoms with E-state index in [4.69, 9.17) is 9.47 Å². The van der Waals surface area contributed by atoms with Crippen LogP contribution in [-0.2, 0) is 11.2 Å². The van der Waals surface area contributed by atoms with Crippen molar-refractivity contribution in [2.75, 3.05) is 62.8 Å². The molecule has 0 atom stereocenters. The van der Waals surface area contributed by atoms with Crippen molar-refractivity contribution in [3.8, 4) is 5.75 Å². The van der Waals surface area contributed by atoms with Gasteiger partial charge in [-0.15, -0.1) is 24.8 Å². The SMILES string of the molecule is COc1c(CCN2CCN(c3cccc4nc(C)ccc34)CC2)cccc1N1CCOC1=O.Cl.Cl. The minimum atomic E-state index is -0.305. The molecular weight excluding hydrogens is 487 g/mol. The number of halogens is 2. The summed E-state index contributed by atoms with van der Waals surface area (Å²) in [6, 6.07) is 16.7. The van der Waals surface area contributed by atoms with E-state index >= 15 is 0 Å². The smallest absolute Gasteiger partial charge is 0.414 e. The van der Waals surface area contributed by atoms with Crippen molar-refractivity contribution >= 4 is 53.2 Å². The molecule has 5 rings (SSSR count). The lowest BCUT2D eigenvalue weighted by Crippen LogP contribution is -2.47. The quantitative estimate of drug-likeness (QED) is 0.470. The van der Waals surface area contributed by atoms with Gasteiger partial charge in [0.2, 0.25) is 0 Å². The van der Waals surface area contributed by atoms with Crippen molar-refractivity contribution in [1.82, 2.24) is 9.88 Å². The van der Waals surface area contributed by atoms with Gasteiger partial charge in [0.25, 0.3) is 0 Å². The summed E-state index contributed by atoms with van der Waals surface area (Å²) < 4.78 is 10.8. The average molecular weight is 519 g/mol. The minimum absolute atomic E-state index is 0. The first-order valence-corrected chi connectivity index (χ1v) is 11.6. The fourth-order valence-electron chi connectivity index (χ4n) is 4.84. The fraction of sp³-hybridized carbons (Fsp3) is 0.385. The van der Waals surface area contributed by atoms with E-state index in [-0.39, 0.29) is 30.9 Å². The molecule has 2 saturated heterocycles. The van der Waals surface area contributed by atoms with E-state index in [1.165, 1.54) is 11.1 Å². The maximum absolute atomic E-state index is 12.0. The number of hydrogen-bond donors (Lipinski definition) is 0. The molecule has 1 aromatic heterocycles. The number of carbonyl (C=O) groups excluding carboxylic acids is 1. The lowest BCUT2D eigenvalue weighted by Gasteiger charge is -2.36. The van der Waals surface area contributed by atoms with E-state index in [1.807, 2.05) is 19.1 Å². The maximum atomic E-state index is 12.0. The molecule has 9 heteroatoms. The molecule has 0 bridgehead atoms. The third-order valence-electron chi connectivity index (χ3n) is 6.59. The Balaban J connectivity index is 0.00000171. The van der Waals surface area contributed by atoms with Gasteiger partial charge in [0.05, 0.1) is 24.9 Å². The highest BCUT2D eigenvalue weighted by molar-refractivity contribution is 5.92. The number of amides is 1. The third kappa shape index (κ3) is 5.58. The maximum Gasteiger partial charge on any atom is 0.414 e. The summed E-state index contributed by atoms with van der Waals surface area (Å²) in [7, 11) is 1.67. The predicted molar refractivity (Wildman–Crippen MR) is 145 cm³/mol. The zero-order valence-corrected chi connectivity index (χ0v) is 21.7. The Morgan fingerprint density at radius 2 is 1.69 bits per heavy atom. The van der Waals surface area contributed by atoms with Crippen LogP contribution < -0.4 is 14.5 Å². The summed E-state index contributed by atoms with van der Waals surface area (Å²) in [6.07, 6.45) is 0.567. The lowest BCUT2D eigenvalue weighted by molar-refractivity contribution is 0.181. The molecule has 3 heterocycles. The number of piperazine rings is 1. The van der Waals surface area contributed by atoms with Crippen LogP contribution in [0.5, 0.6) is 5.75 Å². The number of rotatable bonds is 6. The Labute approximate surface area is 218 Å². The van der Waals surface area contributed by atoms with Crippen molar-refractivity contribution in [3.05, 3.63) is 59.8 Å². The number of cyclic esters (lactones) is 1. The monoisotopic (exact) mass is 518 g/mol. The average Bonchev–Trinajstić information content (AvgIpc) is 3.27. The summed E-state index contributed by atoms with van der Waals surface area (Å²) in [5.41, 5.74) is 5.29. The van der Waals surface area contributed by atoms with Crippen molar-refractivity contribution in [2.45, 2.75) is 13.3 Å². The number of anilines is 2. The number of benzene rings is 2. The van der Waals surface area contributed by atoms with E-state index < -0.39 is 0 Å². The van der Waals surface area contributed by atoms with Gasteiger partial charge < -0.3 is 14.4 Å². The number of para-hydroxylation sites is 1. The van der Waals surface area contributed by atoms with Crippen LogP contribution in [0, 0.1) is 6.92 Å². The zero-order valence-electron chi connectivity index (χ0n) is 20.1. The third-order valence-corrected chi connectivity index (χ3v) is 6.59. The fourth-order valence-corrected chi connectivity index (χ4v) is 4.84. The summed E-state index contributed by atoms with van der Waals surface area (Å²) >= 11 is 0. The molecule has 2 aliphatic rings. The van der Waals surface area contributed by atoms with Crippen LogP contribution in [0.2, 0.25) is 0 Å². The summed E-state index contributed by atoms with van der Waals surface area (Å²) in [6.45, 7) is 7.97. The van der Waals surface area contributed by atoms with Crippen LogP contribution in [0.1, 0.15) is 11.3 Å². The topological polar surface area (TPSA) is 58.1 Å². The van der Waals surface area contributed by atoms with Crippen LogP contribution >= 0.6 is 24.8 Å². The largest absolute Gasteiger partial charge is 0.494 e. The number of carbonyl (C=O) groups is 1. The molecule has 0 radical (unpaired) electrons. The molecule has 188 valence electrons. The molecule has 3 aromatic rings. The highest BCUT2D eigenvalue weighted by atomic mass is 35.5. The van der Waals surface area contributed by atoms with Gasteiger partial charge in [-0.1, -0.05) is 18.2 Å². The molecule has 35 heavy (non-hydrogen) atoms. The molecule has 0 aliphatic carbocycles. The number of aromatic nitrogens is 1. The van der Waals surface area contributed by atoms with Gasteiger partial charge in [-0.2, -0.15) is 0 Å². The van der Waals surface area contributed by atoms with Crippen LogP contribution in [-0.4, -0.2) is 69.0 Å². The van der Waals surface area contributed by atoms with Gasteiger partial charge >= 0.3 is 6.09 Å². The number of nitrogens with zero attached hydrogens (tertiary/aromatic N) is 4. The first-order chi connectivity index (χ1) is 16.1. The second-order valence-electron chi connectivity index (χ2n) is 8.61. The Hall–Kier alpha value is -2.74. The number of ether oxygens (including phenoxy) is 2. The minimum Gasteiger partial charge on any atom is -0.494 e. The Morgan fingerprint density at radius 1 is 0.943 bits per heavy atom. The number of hydrogen-bond acceptors (Lipinski definition) is 6. The van der Waals surface area contributed by atoms with Gasteiger partial charge in [-0.25, -0.2) is 4.79 Å². The molecule has 0 N–H and O–H groups in total. The van der Waals surface area contributed by atoms with E-state index in [0.717, 1.165) is 67.4 Å². The van der Waals surface area contributed by atoms with E-state index in [1.54, 1.807) is 12.0 Å². The highest BCUT2D eigenvalue weighted by Gasteiger charge is 2.27. The highest BCUT2D eigenvalue weighted by Crippen LogP contribution is 2.34. The van der Waals surface area contributed by atoms with Crippen molar-refractivity contribution in [3.63, 3.8) is 0 Å². The summed E-state index contributed by atoms with van der Waals surface area (Å²) in [5.74, 6) is 0.772. The van der Waals surface area contributed by atoms with Crippen molar-refractivity contribution < 1.29 is 14.3 Å². The first kappa shape index (κ1) is 26.9. The summed E-state index contributed by atoms with van der Waals surface area (Å²) in [5, 5.41) is 1.22. The van der Waals surface area contributed by atoms with Crippen LogP contribution in [0.25, 0.3) is 10.9 Å². The van der Waals surface area contributed by atoms with E-state index in [9.17, 15) is 4.79 Å². The molecule has 1 amide bonds. The van der Waals surface area contributed by atoms with Crippen LogP contribution in [0.3, 0.4) is 0 Å². The van der Waals surface area contributed by atoms with Gasteiger partial charge in [0.15, 0.2) is 0 Å².